The summed E-state index contributed by atoms with van der Waals surface area (Å²) in [6, 6.07) is 33.8. The normalized spacial score (nSPS) is 13.4. The summed E-state index contributed by atoms with van der Waals surface area (Å²) >= 11 is 0. The third-order valence-electron chi connectivity index (χ3n) is 6.70. The van der Waals surface area contributed by atoms with E-state index in [2.05, 4.69) is 101 Å². The molecule has 3 aromatic carbocycles. The molecule has 0 N–H and O–H groups in total. The number of para-hydroxylation sites is 3. The van der Waals surface area contributed by atoms with E-state index in [9.17, 15) is 0 Å². The Morgan fingerprint density at radius 3 is 2.27 bits per heavy atom. The van der Waals surface area contributed by atoms with Gasteiger partial charge in [-0.05, 0) is 60.4 Å². The van der Waals surface area contributed by atoms with Gasteiger partial charge in [0.25, 0.3) is 0 Å². The van der Waals surface area contributed by atoms with Crippen molar-refractivity contribution < 1.29 is 0 Å². The van der Waals surface area contributed by atoms with Crippen molar-refractivity contribution in [3.05, 3.63) is 114 Å². The lowest BCUT2D eigenvalue weighted by Gasteiger charge is -2.20. The van der Waals surface area contributed by atoms with Crippen molar-refractivity contribution in [2.75, 3.05) is 0 Å². The Morgan fingerprint density at radius 1 is 0.606 bits per heavy atom. The van der Waals surface area contributed by atoms with Gasteiger partial charge in [0.05, 0.1) is 27.9 Å². The molecule has 3 heterocycles. The Hall–Kier alpha value is -4.24. The van der Waals surface area contributed by atoms with Crippen LogP contribution in [0.5, 0.6) is 0 Å². The lowest BCUT2D eigenvalue weighted by Crippen LogP contribution is -2.05. The number of allylic oxidation sites excluding steroid dienone is 1. The Bertz CT molecular complexity index is 1710. The zero-order chi connectivity index (χ0) is 21.8. The van der Waals surface area contributed by atoms with Crippen LogP contribution in [0.2, 0.25) is 0 Å². The van der Waals surface area contributed by atoms with Crippen LogP contribution in [0, 0.1) is 0 Å². The molecule has 0 saturated carbocycles. The van der Waals surface area contributed by atoms with Crippen molar-refractivity contribution in [2.24, 2.45) is 0 Å². The molecule has 6 aromatic rings. The van der Waals surface area contributed by atoms with E-state index in [4.69, 9.17) is 9.97 Å². The van der Waals surface area contributed by atoms with Crippen molar-refractivity contribution in [3.8, 4) is 11.3 Å². The Morgan fingerprint density at radius 2 is 1.36 bits per heavy atom. The van der Waals surface area contributed by atoms with Gasteiger partial charge in [0, 0.05) is 16.5 Å². The molecule has 0 bridgehead atoms. The highest BCUT2D eigenvalue weighted by atomic mass is 15.0. The van der Waals surface area contributed by atoms with Gasteiger partial charge in [-0.15, -0.1) is 0 Å². The van der Waals surface area contributed by atoms with E-state index >= 15 is 0 Å². The molecule has 0 unspecified atom stereocenters. The summed E-state index contributed by atoms with van der Waals surface area (Å²) in [5.41, 5.74) is 11.6. The van der Waals surface area contributed by atoms with Gasteiger partial charge in [-0.25, -0.2) is 9.97 Å². The number of nitrogens with zero attached hydrogens (tertiary/aromatic N) is 3. The third kappa shape index (κ3) is 2.82. The lowest BCUT2D eigenvalue weighted by molar-refractivity contribution is 0.989. The number of hydrogen-bond donors (Lipinski definition) is 0. The number of rotatable bonds is 2. The first-order chi connectivity index (χ1) is 16.4. The van der Waals surface area contributed by atoms with Gasteiger partial charge in [-0.3, -0.25) is 4.40 Å². The molecule has 3 aromatic heterocycles. The number of hydrogen-bond acceptors (Lipinski definition) is 2. The van der Waals surface area contributed by atoms with Crippen LogP contribution < -0.4 is 0 Å². The molecule has 7 rings (SSSR count). The van der Waals surface area contributed by atoms with Crippen LogP contribution in [0.1, 0.15) is 23.2 Å². The molecule has 0 amide bonds. The molecule has 0 aliphatic heterocycles. The van der Waals surface area contributed by atoms with Crippen LogP contribution in [-0.4, -0.2) is 14.4 Å². The van der Waals surface area contributed by atoms with Gasteiger partial charge < -0.3 is 0 Å². The van der Waals surface area contributed by atoms with E-state index in [0.717, 1.165) is 41.0 Å². The highest BCUT2D eigenvalue weighted by Gasteiger charge is 2.21. The summed E-state index contributed by atoms with van der Waals surface area (Å²) in [6.07, 6.45) is 4.25. The number of aryl methyl sites for hydroxylation is 1. The summed E-state index contributed by atoms with van der Waals surface area (Å²) in [4.78, 5) is 10.1. The first-order valence-corrected chi connectivity index (χ1v) is 11.4. The van der Waals surface area contributed by atoms with E-state index in [1.165, 1.54) is 33.1 Å². The number of benzene rings is 3. The predicted molar refractivity (Wildman–Crippen MR) is 136 cm³/mol. The predicted octanol–water partition coefficient (Wildman–Crippen LogP) is 7.19. The molecule has 1 aliphatic carbocycles. The average Bonchev–Trinajstić information content (AvgIpc) is 3.29. The van der Waals surface area contributed by atoms with Gasteiger partial charge in [-0.2, -0.15) is 0 Å². The van der Waals surface area contributed by atoms with Gasteiger partial charge in [0.15, 0.2) is 0 Å². The second kappa shape index (κ2) is 7.14. The second-order valence-corrected chi connectivity index (χ2v) is 8.61. The third-order valence-corrected chi connectivity index (χ3v) is 6.70. The van der Waals surface area contributed by atoms with E-state index in [1.54, 1.807) is 0 Å². The lowest BCUT2D eigenvalue weighted by atomic mass is 9.88. The van der Waals surface area contributed by atoms with Crippen LogP contribution in [-0.2, 0) is 6.42 Å². The fourth-order valence-corrected chi connectivity index (χ4v) is 5.15. The van der Waals surface area contributed by atoms with E-state index in [0.29, 0.717) is 0 Å². The number of imidazole rings is 1. The van der Waals surface area contributed by atoms with Crippen LogP contribution in [0.25, 0.3) is 50.5 Å². The van der Waals surface area contributed by atoms with Crippen molar-refractivity contribution >= 4 is 39.2 Å². The molecular weight excluding hydrogens is 402 g/mol. The Balaban J connectivity index is 1.47. The van der Waals surface area contributed by atoms with Crippen LogP contribution in [0.3, 0.4) is 0 Å². The molecule has 156 valence electrons. The molecule has 1 aliphatic rings. The Kier molecular flexibility index (Phi) is 3.97. The standard InChI is InChI=1S/C30H21N3/c1-2-9-20(10-3-1)25-13-8-14-26(31-25)21-17-18-23-24(19-21)22-11-4-6-15-28(22)33-29-16-7-5-12-27(29)32-30(23)33/h1-16,19H,17-18H2. The maximum Gasteiger partial charge on any atom is 0.142 e. The fraction of sp³-hybridized carbons (Fsp3) is 0.0667. The summed E-state index contributed by atoms with van der Waals surface area (Å²) in [5, 5.41) is 1.26. The molecule has 0 fully saturated rings. The zero-order valence-corrected chi connectivity index (χ0v) is 18.1. The maximum atomic E-state index is 5.05. The molecule has 3 nitrogen and oxygen atoms in total. The Labute approximate surface area is 191 Å². The van der Waals surface area contributed by atoms with E-state index in [-0.39, 0.29) is 0 Å². The molecule has 0 radical (unpaired) electrons. The second-order valence-electron chi connectivity index (χ2n) is 8.61. The topological polar surface area (TPSA) is 30.2 Å². The fourth-order valence-electron chi connectivity index (χ4n) is 5.15. The van der Waals surface area contributed by atoms with Crippen LogP contribution in [0.15, 0.2) is 97.1 Å². The smallest absolute Gasteiger partial charge is 0.142 e. The minimum absolute atomic E-state index is 0.954. The number of fused-ring (bicyclic) bond motifs is 8. The molecular formula is C30H21N3. The number of pyridine rings is 2. The zero-order valence-electron chi connectivity index (χ0n) is 18.1. The van der Waals surface area contributed by atoms with E-state index < -0.39 is 0 Å². The summed E-state index contributed by atoms with van der Waals surface area (Å²) in [6.45, 7) is 0. The van der Waals surface area contributed by atoms with Crippen LogP contribution >= 0.6 is 0 Å². The quantitative estimate of drug-likeness (QED) is 0.295. The SMILES string of the molecule is C1=C(c2cccc(-c3ccccc3)n2)CCc2c1c1ccccc1n1c2nc2ccccc21. The van der Waals surface area contributed by atoms with Crippen molar-refractivity contribution in [1.29, 1.82) is 0 Å². The maximum absolute atomic E-state index is 5.05. The summed E-state index contributed by atoms with van der Waals surface area (Å²) < 4.78 is 2.33. The van der Waals surface area contributed by atoms with Crippen LogP contribution in [0.4, 0.5) is 0 Å². The minimum atomic E-state index is 0.954. The van der Waals surface area contributed by atoms with Gasteiger partial charge in [-0.1, -0.05) is 66.7 Å². The molecule has 33 heavy (non-hydrogen) atoms. The summed E-state index contributed by atoms with van der Waals surface area (Å²) in [5.74, 6) is 0. The van der Waals surface area contributed by atoms with Crippen molar-refractivity contribution in [1.82, 2.24) is 14.4 Å². The molecule has 0 atom stereocenters. The van der Waals surface area contributed by atoms with Gasteiger partial charge in [0.1, 0.15) is 5.65 Å². The first-order valence-electron chi connectivity index (χ1n) is 11.4. The van der Waals surface area contributed by atoms with Gasteiger partial charge >= 0.3 is 0 Å². The van der Waals surface area contributed by atoms with Gasteiger partial charge in [0.2, 0.25) is 0 Å². The highest BCUT2D eigenvalue weighted by molar-refractivity contribution is 6.01. The highest BCUT2D eigenvalue weighted by Crippen LogP contribution is 2.38. The van der Waals surface area contributed by atoms with E-state index in [1.807, 2.05) is 6.07 Å². The van der Waals surface area contributed by atoms with Crippen molar-refractivity contribution in [2.45, 2.75) is 12.8 Å². The average molecular weight is 424 g/mol. The molecule has 3 heteroatoms. The number of aromatic nitrogens is 3. The largest absolute Gasteiger partial charge is 0.292 e. The first kappa shape index (κ1) is 18.3. The molecule has 0 spiro atoms. The minimum Gasteiger partial charge on any atom is -0.292 e. The molecule has 0 saturated heterocycles. The summed E-state index contributed by atoms with van der Waals surface area (Å²) in [7, 11) is 0. The van der Waals surface area contributed by atoms with Crippen molar-refractivity contribution in [3.63, 3.8) is 0 Å². The monoisotopic (exact) mass is 423 g/mol.